The van der Waals surface area contributed by atoms with Gasteiger partial charge in [0.15, 0.2) is 0 Å². The molecule has 0 atom stereocenters. The Kier molecular flexibility index (Phi) is 3.16. The molecular formula is C9H12N6OS. The van der Waals surface area contributed by atoms with Crippen molar-refractivity contribution in [2.24, 2.45) is 5.84 Å². The Morgan fingerprint density at radius 2 is 2.29 bits per heavy atom. The molecule has 8 heteroatoms. The molecule has 2 aromatic rings. The Balaban J connectivity index is 2.40. The summed E-state index contributed by atoms with van der Waals surface area (Å²) in [4.78, 5) is 15.6. The molecule has 7 nitrogen and oxygen atoms in total. The minimum Gasteiger partial charge on any atom is -0.313 e. The number of hydrazine groups is 1. The van der Waals surface area contributed by atoms with E-state index in [1.165, 1.54) is 4.57 Å². The lowest BCUT2D eigenvalue weighted by Crippen LogP contribution is -2.26. The van der Waals surface area contributed by atoms with Gasteiger partial charge in [0.05, 0.1) is 6.54 Å². The maximum absolute atomic E-state index is 11.7. The number of nitrogens with zero attached hydrogens (tertiary/aromatic N) is 4. The van der Waals surface area contributed by atoms with Crippen LogP contribution in [0.25, 0.3) is 0 Å². The Labute approximate surface area is 101 Å². The predicted molar refractivity (Wildman–Crippen MR) is 64.8 cm³/mol. The van der Waals surface area contributed by atoms with Gasteiger partial charge in [0.2, 0.25) is 0 Å². The molecule has 0 aromatic carbocycles. The quantitative estimate of drug-likeness (QED) is 0.591. The second kappa shape index (κ2) is 4.60. The van der Waals surface area contributed by atoms with Crippen molar-refractivity contribution in [3.8, 4) is 0 Å². The molecule has 90 valence electrons. The van der Waals surface area contributed by atoms with Crippen LogP contribution in [-0.4, -0.2) is 19.1 Å². The van der Waals surface area contributed by atoms with Gasteiger partial charge >= 0.3 is 5.69 Å². The lowest BCUT2D eigenvalue weighted by atomic mass is 10.3. The normalized spacial score (nSPS) is 10.5. The topological polar surface area (TPSA) is 98.7 Å². The summed E-state index contributed by atoms with van der Waals surface area (Å²) in [6, 6.07) is 1.84. The summed E-state index contributed by atoms with van der Waals surface area (Å²) in [5.74, 6) is 5.33. The number of hydrogen-bond donors (Lipinski definition) is 2. The second-order valence-corrected chi connectivity index (χ2v) is 4.35. The summed E-state index contributed by atoms with van der Waals surface area (Å²) in [6.45, 7) is 3.95. The first kappa shape index (κ1) is 11.7. The van der Waals surface area contributed by atoms with Crippen LogP contribution in [0.15, 0.2) is 10.9 Å². The molecule has 2 heterocycles. The van der Waals surface area contributed by atoms with Crippen LogP contribution in [0.2, 0.25) is 0 Å². The van der Waals surface area contributed by atoms with E-state index in [4.69, 9.17) is 5.84 Å². The highest BCUT2D eigenvalue weighted by Crippen LogP contribution is 2.16. The monoisotopic (exact) mass is 252 g/mol. The second-order valence-electron chi connectivity index (χ2n) is 3.60. The van der Waals surface area contributed by atoms with Crippen molar-refractivity contribution in [2.45, 2.75) is 20.4 Å². The van der Waals surface area contributed by atoms with Crippen LogP contribution in [0.4, 0.5) is 5.00 Å². The van der Waals surface area contributed by atoms with Crippen molar-refractivity contribution in [1.29, 1.82) is 0 Å². The molecule has 0 fully saturated rings. The summed E-state index contributed by atoms with van der Waals surface area (Å²) in [5, 5.41) is 4.58. The molecule has 0 aliphatic carbocycles. The highest BCUT2D eigenvalue weighted by Gasteiger charge is 2.10. The van der Waals surface area contributed by atoms with Gasteiger partial charge < -0.3 is 5.43 Å². The summed E-state index contributed by atoms with van der Waals surface area (Å²) in [6.07, 6.45) is 0. The fraction of sp³-hybridized carbons (Fsp3) is 0.333. The maximum Gasteiger partial charge on any atom is 0.348 e. The Morgan fingerprint density at radius 3 is 2.94 bits per heavy atom. The average Bonchev–Trinajstić information content (AvgIpc) is 2.70. The highest BCUT2D eigenvalue weighted by molar-refractivity contribution is 7.10. The number of hydrogen-bond acceptors (Lipinski definition) is 7. The van der Waals surface area contributed by atoms with Crippen molar-refractivity contribution in [1.82, 2.24) is 19.1 Å². The van der Waals surface area contributed by atoms with Gasteiger partial charge in [-0.3, -0.25) is 4.57 Å². The Hall–Kier alpha value is -1.80. The van der Waals surface area contributed by atoms with Crippen molar-refractivity contribution in [3.63, 3.8) is 0 Å². The van der Waals surface area contributed by atoms with E-state index >= 15 is 0 Å². The number of nitrogen functional groups attached to an aromatic ring is 1. The minimum absolute atomic E-state index is 0.293. The molecule has 0 aliphatic rings. The lowest BCUT2D eigenvalue weighted by Gasteiger charge is -2.08. The fourth-order valence-electron chi connectivity index (χ4n) is 1.54. The van der Waals surface area contributed by atoms with E-state index in [0.29, 0.717) is 22.9 Å². The highest BCUT2D eigenvalue weighted by atomic mass is 32.1. The SMILES string of the molecule is Cc1cc(C)n(Cc2nnsc2NN)c(=O)n1. The first-order chi connectivity index (χ1) is 8.11. The lowest BCUT2D eigenvalue weighted by molar-refractivity contribution is 0.679. The first-order valence-electron chi connectivity index (χ1n) is 4.94. The third-order valence-corrected chi connectivity index (χ3v) is 3.04. The summed E-state index contributed by atoms with van der Waals surface area (Å²) < 4.78 is 5.31. The zero-order valence-electron chi connectivity index (χ0n) is 9.47. The van der Waals surface area contributed by atoms with Gasteiger partial charge in [0.25, 0.3) is 0 Å². The third-order valence-electron chi connectivity index (χ3n) is 2.34. The van der Waals surface area contributed by atoms with E-state index in [2.05, 4.69) is 20.0 Å². The van der Waals surface area contributed by atoms with Crippen LogP contribution < -0.4 is 17.0 Å². The number of rotatable bonds is 3. The van der Waals surface area contributed by atoms with E-state index in [1.54, 1.807) is 6.92 Å². The van der Waals surface area contributed by atoms with Gasteiger partial charge in [-0.15, -0.1) is 5.10 Å². The maximum atomic E-state index is 11.7. The van der Waals surface area contributed by atoms with Crippen molar-refractivity contribution in [2.75, 3.05) is 5.43 Å². The molecule has 3 N–H and O–H groups in total. The first-order valence-corrected chi connectivity index (χ1v) is 5.72. The van der Waals surface area contributed by atoms with Crippen LogP contribution in [0.5, 0.6) is 0 Å². The van der Waals surface area contributed by atoms with Crippen molar-refractivity contribution >= 4 is 16.5 Å². The molecule has 0 amide bonds. The molecule has 0 unspecified atom stereocenters. The summed E-state index contributed by atoms with van der Waals surface area (Å²) >= 11 is 1.15. The number of aryl methyl sites for hydroxylation is 2. The van der Waals surface area contributed by atoms with E-state index in [0.717, 1.165) is 17.2 Å². The van der Waals surface area contributed by atoms with E-state index < -0.39 is 0 Å². The van der Waals surface area contributed by atoms with E-state index in [9.17, 15) is 4.79 Å². The van der Waals surface area contributed by atoms with Gasteiger partial charge in [0.1, 0.15) is 10.7 Å². The molecule has 0 radical (unpaired) electrons. The molecule has 2 aromatic heterocycles. The van der Waals surface area contributed by atoms with Gasteiger partial charge in [-0.2, -0.15) is 4.98 Å². The molecule has 2 rings (SSSR count). The van der Waals surface area contributed by atoms with Gasteiger partial charge in [-0.05, 0) is 19.9 Å². The van der Waals surface area contributed by atoms with Crippen LogP contribution in [0.1, 0.15) is 17.1 Å². The molecule has 0 saturated carbocycles. The molecular weight excluding hydrogens is 240 g/mol. The predicted octanol–water partition coefficient (Wildman–Crippen LogP) is 0.0455. The van der Waals surface area contributed by atoms with Crippen molar-refractivity contribution in [3.05, 3.63) is 33.6 Å². The van der Waals surface area contributed by atoms with Crippen LogP contribution >= 0.6 is 11.5 Å². The smallest absolute Gasteiger partial charge is 0.313 e. The zero-order valence-corrected chi connectivity index (χ0v) is 10.3. The number of nitrogens with one attached hydrogen (secondary N) is 1. The molecule has 0 bridgehead atoms. The Morgan fingerprint density at radius 1 is 1.53 bits per heavy atom. The van der Waals surface area contributed by atoms with Gasteiger partial charge in [-0.1, -0.05) is 4.49 Å². The number of aromatic nitrogens is 4. The van der Waals surface area contributed by atoms with E-state index in [1.807, 2.05) is 13.0 Å². The van der Waals surface area contributed by atoms with Crippen LogP contribution in [-0.2, 0) is 6.54 Å². The molecule has 0 spiro atoms. The fourth-order valence-corrected chi connectivity index (χ4v) is 2.02. The molecule has 17 heavy (non-hydrogen) atoms. The van der Waals surface area contributed by atoms with Crippen LogP contribution in [0.3, 0.4) is 0 Å². The van der Waals surface area contributed by atoms with Crippen LogP contribution in [0, 0.1) is 13.8 Å². The van der Waals surface area contributed by atoms with Gasteiger partial charge in [0, 0.05) is 22.9 Å². The van der Waals surface area contributed by atoms with E-state index in [-0.39, 0.29) is 5.69 Å². The minimum atomic E-state index is -0.293. The third kappa shape index (κ3) is 2.32. The average molecular weight is 252 g/mol. The summed E-state index contributed by atoms with van der Waals surface area (Å²) in [7, 11) is 0. The summed E-state index contributed by atoms with van der Waals surface area (Å²) in [5.41, 5.74) is 4.38. The number of anilines is 1. The Bertz CT molecular complexity index is 589. The molecule has 0 aliphatic heterocycles. The standard InChI is InChI=1S/C9H12N6OS/c1-5-3-6(2)15(9(16)11-5)4-7-8(12-10)17-14-13-7/h3,12H,4,10H2,1-2H3. The largest absolute Gasteiger partial charge is 0.348 e. The van der Waals surface area contributed by atoms with Gasteiger partial charge in [-0.25, -0.2) is 10.6 Å². The zero-order chi connectivity index (χ0) is 12.4. The molecule has 0 saturated heterocycles. The number of nitrogens with two attached hydrogens (primary N) is 1. The van der Waals surface area contributed by atoms with Crippen molar-refractivity contribution < 1.29 is 0 Å².